The molecule has 0 bridgehead atoms. The fourth-order valence-corrected chi connectivity index (χ4v) is 1.92. The number of ether oxygens (including phenoxy) is 2. The molecule has 0 atom stereocenters. The molecule has 0 saturated heterocycles. The number of benzene rings is 1. The number of aromatic hydroxyl groups is 1. The van der Waals surface area contributed by atoms with Crippen molar-refractivity contribution in [2.45, 2.75) is 18.4 Å². The predicted molar refractivity (Wildman–Crippen MR) is 52.2 cm³/mol. The van der Waals surface area contributed by atoms with Gasteiger partial charge < -0.3 is 19.7 Å². The van der Waals surface area contributed by atoms with Crippen LogP contribution >= 0.6 is 0 Å². The van der Waals surface area contributed by atoms with Crippen molar-refractivity contribution in [2.24, 2.45) is 0 Å². The van der Waals surface area contributed by atoms with E-state index in [1.807, 2.05) is 0 Å². The minimum Gasteiger partial charge on any atom is -0.507 e. The van der Waals surface area contributed by atoms with Crippen LogP contribution in [0.5, 0.6) is 17.2 Å². The Balaban J connectivity index is 2.18. The minimum atomic E-state index is -0.907. The van der Waals surface area contributed by atoms with Gasteiger partial charge in [0.1, 0.15) is 19.0 Å². The van der Waals surface area contributed by atoms with Gasteiger partial charge in [0.2, 0.25) is 0 Å². The van der Waals surface area contributed by atoms with Crippen LogP contribution in [0.15, 0.2) is 12.1 Å². The van der Waals surface area contributed by atoms with Crippen molar-refractivity contribution in [1.29, 1.82) is 0 Å². The Bertz CT molecular complexity index is 409. The fourth-order valence-electron chi connectivity index (χ4n) is 1.92. The minimum absolute atomic E-state index is 0.0826. The highest BCUT2D eigenvalue weighted by atomic mass is 16.6. The van der Waals surface area contributed by atoms with Crippen molar-refractivity contribution < 1.29 is 19.7 Å². The lowest BCUT2D eigenvalue weighted by Gasteiger charge is -2.23. The van der Waals surface area contributed by atoms with Crippen molar-refractivity contribution in [3.8, 4) is 17.2 Å². The van der Waals surface area contributed by atoms with Crippen LogP contribution in [0.4, 0.5) is 0 Å². The van der Waals surface area contributed by atoms with Gasteiger partial charge >= 0.3 is 0 Å². The number of aliphatic hydroxyl groups is 1. The summed E-state index contributed by atoms with van der Waals surface area (Å²) in [4.78, 5) is 0. The molecule has 15 heavy (non-hydrogen) atoms. The summed E-state index contributed by atoms with van der Waals surface area (Å²) >= 11 is 0. The molecule has 1 aromatic rings. The maximum absolute atomic E-state index is 10.0. The van der Waals surface area contributed by atoms with Crippen LogP contribution in [0.2, 0.25) is 0 Å². The molecule has 0 radical (unpaired) electrons. The zero-order valence-electron chi connectivity index (χ0n) is 8.19. The van der Waals surface area contributed by atoms with E-state index in [1.54, 1.807) is 12.1 Å². The second kappa shape index (κ2) is 2.79. The maximum Gasteiger partial charge on any atom is 0.171 e. The Morgan fingerprint density at radius 2 is 1.87 bits per heavy atom. The van der Waals surface area contributed by atoms with Crippen molar-refractivity contribution >= 4 is 0 Å². The van der Waals surface area contributed by atoms with Crippen molar-refractivity contribution in [3.05, 3.63) is 17.7 Å². The van der Waals surface area contributed by atoms with Crippen LogP contribution in [0.1, 0.15) is 18.4 Å². The molecule has 0 aromatic heterocycles. The molecule has 0 unspecified atom stereocenters. The van der Waals surface area contributed by atoms with E-state index in [4.69, 9.17) is 9.47 Å². The molecular weight excluding hydrogens is 196 g/mol. The summed E-state index contributed by atoms with van der Waals surface area (Å²) in [7, 11) is 0. The van der Waals surface area contributed by atoms with E-state index in [-0.39, 0.29) is 5.75 Å². The molecule has 3 rings (SSSR count). The predicted octanol–water partition coefficient (Wildman–Crippen LogP) is 1.14. The van der Waals surface area contributed by atoms with Crippen molar-refractivity contribution in [2.75, 3.05) is 13.2 Å². The summed E-state index contributed by atoms with van der Waals surface area (Å²) in [6, 6.07) is 3.21. The average molecular weight is 208 g/mol. The van der Waals surface area contributed by atoms with E-state index in [9.17, 15) is 10.2 Å². The van der Waals surface area contributed by atoms with E-state index < -0.39 is 5.60 Å². The highest BCUT2D eigenvalue weighted by molar-refractivity contribution is 5.58. The second-order valence-electron chi connectivity index (χ2n) is 4.02. The fraction of sp³-hybridized carbons (Fsp3) is 0.455. The quantitative estimate of drug-likeness (QED) is 0.726. The molecule has 1 heterocycles. The van der Waals surface area contributed by atoms with Crippen LogP contribution in [0.3, 0.4) is 0 Å². The molecule has 4 nitrogen and oxygen atoms in total. The summed E-state index contributed by atoms with van der Waals surface area (Å²) in [6.45, 7) is 0.967. The smallest absolute Gasteiger partial charge is 0.171 e. The SMILES string of the molecule is Oc1ccc2c(c1C1(O)CC1)OCCO2. The highest BCUT2D eigenvalue weighted by Crippen LogP contribution is 2.55. The Morgan fingerprint density at radius 1 is 1.13 bits per heavy atom. The topological polar surface area (TPSA) is 58.9 Å². The van der Waals surface area contributed by atoms with E-state index in [1.165, 1.54) is 0 Å². The van der Waals surface area contributed by atoms with Gasteiger partial charge in [-0.15, -0.1) is 0 Å². The van der Waals surface area contributed by atoms with Gasteiger partial charge in [-0.2, -0.15) is 0 Å². The number of fused-ring (bicyclic) bond motifs is 1. The molecule has 1 aliphatic heterocycles. The normalized spacial score (nSPS) is 21.1. The number of phenolic OH excluding ortho intramolecular Hbond substituents is 1. The molecule has 0 spiro atoms. The van der Waals surface area contributed by atoms with Gasteiger partial charge in [-0.05, 0) is 25.0 Å². The summed E-state index contributed by atoms with van der Waals surface area (Å²) < 4.78 is 10.9. The summed E-state index contributed by atoms with van der Waals surface area (Å²) in [6.07, 6.45) is 1.33. The van der Waals surface area contributed by atoms with Gasteiger partial charge in [0.25, 0.3) is 0 Å². The number of hydrogen-bond donors (Lipinski definition) is 2. The Kier molecular flexibility index (Phi) is 1.65. The Morgan fingerprint density at radius 3 is 2.60 bits per heavy atom. The molecule has 80 valence electrons. The summed E-state index contributed by atoms with van der Waals surface area (Å²) in [5.41, 5.74) is -0.421. The second-order valence-corrected chi connectivity index (χ2v) is 4.02. The van der Waals surface area contributed by atoms with Crippen LogP contribution in [0, 0.1) is 0 Å². The van der Waals surface area contributed by atoms with Crippen LogP contribution < -0.4 is 9.47 Å². The first-order valence-corrected chi connectivity index (χ1v) is 5.05. The first kappa shape index (κ1) is 8.85. The zero-order chi connectivity index (χ0) is 10.5. The molecule has 1 saturated carbocycles. The highest BCUT2D eigenvalue weighted by Gasteiger charge is 2.47. The van der Waals surface area contributed by atoms with E-state index in [0.717, 1.165) is 0 Å². The molecule has 4 heteroatoms. The number of hydrogen-bond acceptors (Lipinski definition) is 4. The van der Waals surface area contributed by atoms with Gasteiger partial charge in [-0.1, -0.05) is 0 Å². The molecule has 1 aromatic carbocycles. The molecular formula is C11H12O4. The zero-order valence-corrected chi connectivity index (χ0v) is 8.19. The van der Waals surface area contributed by atoms with Crippen LogP contribution in [0.25, 0.3) is 0 Å². The third-order valence-corrected chi connectivity index (χ3v) is 2.88. The first-order valence-electron chi connectivity index (χ1n) is 5.05. The van der Waals surface area contributed by atoms with Gasteiger partial charge in [-0.3, -0.25) is 0 Å². The number of rotatable bonds is 1. The third-order valence-electron chi connectivity index (χ3n) is 2.88. The lowest BCUT2D eigenvalue weighted by atomic mass is 10.0. The maximum atomic E-state index is 10.0. The molecule has 2 N–H and O–H groups in total. The van der Waals surface area contributed by atoms with Gasteiger partial charge in [0.05, 0.1) is 11.2 Å². The van der Waals surface area contributed by atoms with Gasteiger partial charge in [0, 0.05) is 0 Å². The van der Waals surface area contributed by atoms with Gasteiger partial charge in [-0.25, -0.2) is 0 Å². The molecule has 2 aliphatic rings. The Hall–Kier alpha value is -1.42. The molecule has 0 amide bonds. The van der Waals surface area contributed by atoms with Gasteiger partial charge in [0.15, 0.2) is 11.5 Å². The van der Waals surface area contributed by atoms with Crippen LogP contribution in [-0.4, -0.2) is 23.4 Å². The largest absolute Gasteiger partial charge is 0.507 e. The van der Waals surface area contributed by atoms with Crippen LogP contribution in [-0.2, 0) is 5.60 Å². The first-order chi connectivity index (χ1) is 7.21. The summed E-state index contributed by atoms with van der Waals surface area (Å²) in [5.74, 6) is 1.19. The molecule has 1 aliphatic carbocycles. The van der Waals surface area contributed by atoms with E-state index >= 15 is 0 Å². The van der Waals surface area contributed by atoms with E-state index in [0.29, 0.717) is 43.1 Å². The third kappa shape index (κ3) is 1.25. The Labute approximate surface area is 87.1 Å². The number of phenols is 1. The van der Waals surface area contributed by atoms with Crippen molar-refractivity contribution in [1.82, 2.24) is 0 Å². The van der Waals surface area contributed by atoms with E-state index in [2.05, 4.69) is 0 Å². The lowest BCUT2D eigenvalue weighted by Crippen LogP contribution is -2.19. The molecule has 1 fully saturated rings. The standard InChI is InChI=1S/C11H12O4/c12-7-1-2-8-10(15-6-5-14-8)9(7)11(13)3-4-11/h1-2,12-13H,3-6H2. The lowest BCUT2D eigenvalue weighted by molar-refractivity contribution is 0.127. The monoisotopic (exact) mass is 208 g/mol. The van der Waals surface area contributed by atoms with Crippen molar-refractivity contribution in [3.63, 3.8) is 0 Å². The summed E-state index contributed by atoms with van der Waals surface area (Å²) in [5, 5.41) is 19.8. The average Bonchev–Trinajstić information content (AvgIpc) is 2.97.